The van der Waals surface area contributed by atoms with E-state index in [4.69, 9.17) is 11.6 Å². The van der Waals surface area contributed by atoms with Gasteiger partial charge >= 0.3 is 0 Å². The third-order valence-electron chi connectivity index (χ3n) is 2.07. The van der Waals surface area contributed by atoms with E-state index in [2.05, 4.69) is 28.3 Å². The monoisotopic (exact) mass is 224 g/mol. The fraction of sp³-hybridized carbons (Fsp3) is 0.583. The number of halogens is 1. The third kappa shape index (κ3) is 4.40. The summed E-state index contributed by atoms with van der Waals surface area (Å²) in [7, 11) is 0. The largest absolute Gasteiger partial charge is 0.334 e. The molecule has 1 heterocycles. The minimum Gasteiger partial charge on any atom is -0.334 e. The van der Waals surface area contributed by atoms with Gasteiger partial charge < -0.3 is 4.57 Å². The zero-order valence-electron chi connectivity index (χ0n) is 9.17. The van der Waals surface area contributed by atoms with Crippen LogP contribution >= 0.6 is 11.6 Å². The van der Waals surface area contributed by atoms with Crippen LogP contribution in [-0.4, -0.2) is 15.4 Å². The molecule has 0 aliphatic rings. The lowest BCUT2D eigenvalue weighted by Crippen LogP contribution is -2.01. The maximum atomic E-state index is 5.56. The molecule has 82 valence electrons. The van der Waals surface area contributed by atoms with Gasteiger partial charge in [0, 0.05) is 31.2 Å². The second kappa shape index (κ2) is 7.36. The van der Waals surface area contributed by atoms with Crippen molar-refractivity contribution >= 4 is 11.6 Å². The van der Waals surface area contributed by atoms with Gasteiger partial charge in [0.15, 0.2) is 0 Å². The zero-order chi connectivity index (χ0) is 10.9. The zero-order valence-corrected chi connectivity index (χ0v) is 9.93. The Balaban J connectivity index is 2.41. The number of aromatic nitrogens is 2. The SMILES string of the molecule is CCCn1ccnc1CC#CCCCCl. The van der Waals surface area contributed by atoms with E-state index in [1.165, 1.54) is 0 Å². The molecule has 0 radical (unpaired) electrons. The van der Waals surface area contributed by atoms with Crippen LogP contribution in [0.25, 0.3) is 0 Å². The van der Waals surface area contributed by atoms with Crippen molar-refractivity contribution in [2.75, 3.05) is 5.88 Å². The Morgan fingerprint density at radius 3 is 3.07 bits per heavy atom. The second-order valence-electron chi connectivity index (χ2n) is 3.36. The number of alkyl halides is 1. The summed E-state index contributed by atoms with van der Waals surface area (Å²) in [5, 5.41) is 0. The molecule has 0 aliphatic carbocycles. The van der Waals surface area contributed by atoms with Crippen LogP contribution in [0, 0.1) is 11.8 Å². The van der Waals surface area contributed by atoms with E-state index in [9.17, 15) is 0 Å². The van der Waals surface area contributed by atoms with Crippen molar-refractivity contribution in [3.8, 4) is 11.8 Å². The van der Waals surface area contributed by atoms with E-state index in [0.29, 0.717) is 5.88 Å². The molecular formula is C12H17ClN2. The molecule has 0 fully saturated rings. The molecule has 0 bridgehead atoms. The van der Waals surface area contributed by atoms with Gasteiger partial charge in [-0.05, 0) is 12.8 Å². The molecule has 0 aliphatic heterocycles. The lowest BCUT2D eigenvalue weighted by atomic mass is 10.3. The molecule has 1 aromatic heterocycles. The number of hydrogen-bond donors (Lipinski definition) is 0. The van der Waals surface area contributed by atoms with E-state index in [0.717, 1.165) is 38.1 Å². The van der Waals surface area contributed by atoms with Crippen molar-refractivity contribution in [1.29, 1.82) is 0 Å². The summed E-state index contributed by atoms with van der Waals surface area (Å²) in [6, 6.07) is 0. The molecule has 0 N–H and O–H groups in total. The fourth-order valence-electron chi connectivity index (χ4n) is 1.34. The van der Waals surface area contributed by atoms with Crippen molar-refractivity contribution in [2.24, 2.45) is 0 Å². The van der Waals surface area contributed by atoms with Gasteiger partial charge in [-0.2, -0.15) is 0 Å². The average molecular weight is 225 g/mol. The highest BCUT2D eigenvalue weighted by Gasteiger charge is 1.98. The van der Waals surface area contributed by atoms with E-state index in [-0.39, 0.29) is 0 Å². The molecular weight excluding hydrogens is 208 g/mol. The third-order valence-corrected chi connectivity index (χ3v) is 2.34. The first-order valence-corrected chi connectivity index (χ1v) is 5.93. The van der Waals surface area contributed by atoms with Crippen molar-refractivity contribution in [1.82, 2.24) is 9.55 Å². The quantitative estimate of drug-likeness (QED) is 0.427. The molecule has 2 nitrogen and oxygen atoms in total. The Hall–Kier alpha value is -0.940. The summed E-state index contributed by atoms with van der Waals surface area (Å²) in [5.41, 5.74) is 0. The van der Waals surface area contributed by atoms with Crippen LogP contribution in [0.1, 0.15) is 32.0 Å². The van der Waals surface area contributed by atoms with Gasteiger partial charge in [0.05, 0.1) is 6.42 Å². The fourth-order valence-corrected chi connectivity index (χ4v) is 1.47. The van der Waals surface area contributed by atoms with Crippen molar-refractivity contribution < 1.29 is 0 Å². The Morgan fingerprint density at radius 2 is 2.33 bits per heavy atom. The normalized spacial score (nSPS) is 9.73. The summed E-state index contributed by atoms with van der Waals surface area (Å²) >= 11 is 5.56. The number of aryl methyl sites for hydroxylation is 1. The summed E-state index contributed by atoms with van der Waals surface area (Å²) in [5.74, 6) is 7.99. The molecule has 1 aromatic rings. The summed E-state index contributed by atoms with van der Waals surface area (Å²) in [4.78, 5) is 4.29. The standard InChI is InChI=1S/C12H17ClN2/c1-2-10-15-11-9-14-12(15)7-5-3-4-6-8-13/h9,11H,2,4,6-8,10H2,1H3. The minimum atomic E-state index is 0.694. The summed E-state index contributed by atoms with van der Waals surface area (Å²) in [6.07, 6.45) is 7.58. The van der Waals surface area contributed by atoms with Crippen molar-refractivity contribution in [2.45, 2.75) is 39.2 Å². The average Bonchev–Trinajstić information content (AvgIpc) is 2.66. The Kier molecular flexibility index (Phi) is 5.96. The second-order valence-corrected chi connectivity index (χ2v) is 3.74. The highest BCUT2D eigenvalue weighted by Crippen LogP contribution is 1.99. The maximum absolute atomic E-state index is 5.56. The Bertz CT molecular complexity index is 333. The molecule has 3 heteroatoms. The predicted octanol–water partition coefficient (Wildman–Crippen LogP) is 2.86. The highest BCUT2D eigenvalue weighted by atomic mass is 35.5. The smallest absolute Gasteiger partial charge is 0.120 e. The Morgan fingerprint density at radius 1 is 1.47 bits per heavy atom. The van der Waals surface area contributed by atoms with Crippen LogP contribution in [0.2, 0.25) is 0 Å². The van der Waals surface area contributed by atoms with Crippen molar-refractivity contribution in [3.05, 3.63) is 18.2 Å². The lowest BCUT2D eigenvalue weighted by Gasteiger charge is -2.02. The molecule has 0 aromatic carbocycles. The number of hydrogen-bond acceptors (Lipinski definition) is 1. The van der Waals surface area contributed by atoms with Crippen LogP contribution < -0.4 is 0 Å². The van der Waals surface area contributed by atoms with Gasteiger partial charge in [-0.3, -0.25) is 0 Å². The van der Waals surface area contributed by atoms with Gasteiger partial charge in [-0.15, -0.1) is 17.5 Å². The molecule has 0 saturated carbocycles. The first kappa shape index (κ1) is 12.1. The van der Waals surface area contributed by atoms with Gasteiger partial charge in [0.2, 0.25) is 0 Å². The first-order chi connectivity index (χ1) is 7.38. The molecule has 0 amide bonds. The van der Waals surface area contributed by atoms with Crippen LogP contribution in [0.15, 0.2) is 12.4 Å². The molecule has 0 atom stereocenters. The van der Waals surface area contributed by atoms with Gasteiger partial charge in [0.1, 0.15) is 5.82 Å². The molecule has 0 spiro atoms. The number of imidazole rings is 1. The van der Waals surface area contributed by atoms with Crippen LogP contribution in [-0.2, 0) is 13.0 Å². The number of rotatable bonds is 5. The lowest BCUT2D eigenvalue weighted by molar-refractivity contribution is 0.650. The van der Waals surface area contributed by atoms with E-state index in [1.54, 1.807) is 0 Å². The minimum absolute atomic E-state index is 0.694. The maximum Gasteiger partial charge on any atom is 0.120 e. The van der Waals surface area contributed by atoms with Crippen LogP contribution in [0.4, 0.5) is 0 Å². The molecule has 0 unspecified atom stereocenters. The Labute approximate surface area is 96.7 Å². The van der Waals surface area contributed by atoms with Crippen molar-refractivity contribution in [3.63, 3.8) is 0 Å². The topological polar surface area (TPSA) is 17.8 Å². The summed E-state index contributed by atoms with van der Waals surface area (Å²) < 4.78 is 2.16. The van der Waals surface area contributed by atoms with Crippen LogP contribution in [0.3, 0.4) is 0 Å². The summed E-state index contributed by atoms with van der Waals surface area (Å²) in [6.45, 7) is 3.19. The molecule has 0 saturated heterocycles. The van der Waals surface area contributed by atoms with Gasteiger partial charge in [-0.1, -0.05) is 12.8 Å². The predicted molar refractivity (Wildman–Crippen MR) is 64.0 cm³/mol. The molecule has 1 rings (SSSR count). The number of nitrogens with zero attached hydrogens (tertiary/aromatic N) is 2. The highest BCUT2D eigenvalue weighted by molar-refractivity contribution is 6.17. The van der Waals surface area contributed by atoms with Gasteiger partial charge in [-0.25, -0.2) is 4.98 Å². The van der Waals surface area contributed by atoms with E-state index >= 15 is 0 Å². The number of unbranched alkanes of at least 4 members (excludes halogenated alkanes) is 1. The van der Waals surface area contributed by atoms with E-state index in [1.807, 2.05) is 12.4 Å². The first-order valence-electron chi connectivity index (χ1n) is 5.40. The molecule has 15 heavy (non-hydrogen) atoms. The van der Waals surface area contributed by atoms with Crippen LogP contribution in [0.5, 0.6) is 0 Å². The van der Waals surface area contributed by atoms with E-state index < -0.39 is 0 Å². The van der Waals surface area contributed by atoms with Gasteiger partial charge in [0.25, 0.3) is 0 Å².